The van der Waals surface area contributed by atoms with Crippen LogP contribution in [0.15, 0.2) is 66.5 Å². The summed E-state index contributed by atoms with van der Waals surface area (Å²) in [6.45, 7) is -0.362. The highest BCUT2D eigenvalue weighted by atomic mass is 35.5. The summed E-state index contributed by atoms with van der Waals surface area (Å²) in [5.41, 5.74) is 5.04. The Morgan fingerprint density at radius 1 is 1.18 bits per heavy atom. The van der Waals surface area contributed by atoms with Crippen molar-refractivity contribution < 1.29 is 37.0 Å². The lowest BCUT2D eigenvalue weighted by atomic mass is 10.1. The first kappa shape index (κ1) is 27.2. The van der Waals surface area contributed by atoms with Crippen LogP contribution in [0, 0.1) is 17.6 Å². The van der Waals surface area contributed by atoms with Crippen molar-refractivity contribution in [1.82, 2.24) is 9.88 Å². The van der Waals surface area contributed by atoms with E-state index in [-0.39, 0.29) is 40.3 Å². The third-order valence-corrected chi connectivity index (χ3v) is 6.68. The normalized spacial score (nSPS) is 19.8. The lowest BCUT2D eigenvalue weighted by Crippen LogP contribution is -2.55. The zero-order chi connectivity index (χ0) is 28.8. The van der Waals surface area contributed by atoms with Crippen LogP contribution in [0.3, 0.4) is 0 Å². The van der Waals surface area contributed by atoms with Crippen molar-refractivity contribution in [2.45, 2.75) is 18.7 Å². The van der Waals surface area contributed by atoms with E-state index in [1.807, 2.05) is 0 Å². The molecule has 0 bridgehead atoms. The van der Waals surface area contributed by atoms with Gasteiger partial charge in [-0.2, -0.15) is 0 Å². The fraction of sp³-hybridized carbons (Fsp3) is 0.192. The number of anilines is 3. The van der Waals surface area contributed by atoms with Gasteiger partial charge in [-0.25, -0.2) is 22.5 Å². The summed E-state index contributed by atoms with van der Waals surface area (Å²) in [6.07, 6.45) is 0.132. The second-order valence-electron chi connectivity index (χ2n) is 9.11. The Hall–Kier alpha value is -4.36. The number of nitrogens with zero attached hydrogens (tertiary/aromatic N) is 3. The van der Waals surface area contributed by atoms with Gasteiger partial charge in [-0.05, 0) is 36.4 Å². The van der Waals surface area contributed by atoms with Crippen molar-refractivity contribution in [3.8, 4) is 11.5 Å². The Labute approximate surface area is 229 Å². The number of amides is 2. The van der Waals surface area contributed by atoms with E-state index in [1.165, 1.54) is 36.5 Å². The molecule has 14 heteroatoms. The highest BCUT2D eigenvalue weighted by Gasteiger charge is 2.58. The number of aromatic nitrogens is 1. The zero-order valence-electron chi connectivity index (χ0n) is 20.3. The second-order valence-corrected chi connectivity index (χ2v) is 9.49. The molecular weight excluding hydrogens is 558 g/mol. The van der Waals surface area contributed by atoms with Crippen LogP contribution in [0.2, 0.25) is 5.02 Å². The van der Waals surface area contributed by atoms with Gasteiger partial charge in [0.2, 0.25) is 6.35 Å². The number of hydrogen-bond acceptors (Lipinski definition) is 7. The molecule has 2 aromatic carbocycles. The molecule has 9 nitrogen and oxygen atoms in total. The number of rotatable bonds is 7. The van der Waals surface area contributed by atoms with Crippen LogP contribution < -0.4 is 20.7 Å². The number of alkyl halides is 2. The van der Waals surface area contributed by atoms with Crippen LogP contribution >= 0.6 is 11.6 Å². The summed E-state index contributed by atoms with van der Waals surface area (Å²) in [5, 5.41) is 13.2. The molecule has 5 rings (SSSR count). The number of pyridine rings is 1. The number of aliphatic hydroxyl groups is 1. The van der Waals surface area contributed by atoms with Crippen LogP contribution in [0.5, 0.6) is 11.5 Å². The number of aliphatic hydroxyl groups excluding tert-OH is 1. The summed E-state index contributed by atoms with van der Waals surface area (Å²) < 4.78 is 60.9. The number of carbonyl (C=O) groups is 2. The molecule has 2 amide bonds. The molecular formula is C26H20ClF4N5O4. The van der Waals surface area contributed by atoms with Crippen LogP contribution in [-0.4, -0.2) is 45.6 Å². The Morgan fingerprint density at radius 3 is 2.52 bits per heavy atom. The quantitative estimate of drug-likeness (QED) is 0.279. The fourth-order valence-electron chi connectivity index (χ4n) is 4.05. The van der Waals surface area contributed by atoms with E-state index in [1.54, 1.807) is 0 Å². The molecule has 1 saturated carbocycles. The summed E-state index contributed by atoms with van der Waals surface area (Å²) in [5.74, 6) is -7.76. The molecule has 2 unspecified atom stereocenters. The van der Waals surface area contributed by atoms with Gasteiger partial charge in [-0.1, -0.05) is 11.6 Å². The largest absolute Gasteiger partial charge is 0.453 e. The van der Waals surface area contributed by atoms with E-state index in [0.29, 0.717) is 0 Å². The summed E-state index contributed by atoms with van der Waals surface area (Å²) in [7, 11) is 0. The smallest absolute Gasteiger partial charge is 0.268 e. The maximum atomic E-state index is 14.8. The van der Waals surface area contributed by atoms with Gasteiger partial charge in [0, 0.05) is 54.8 Å². The average molecular weight is 578 g/mol. The van der Waals surface area contributed by atoms with Crippen molar-refractivity contribution in [3.63, 3.8) is 0 Å². The molecule has 0 radical (unpaired) electrons. The minimum absolute atomic E-state index is 0.0202. The molecule has 1 aliphatic heterocycles. The highest BCUT2D eigenvalue weighted by molar-refractivity contribution is 6.34. The summed E-state index contributed by atoms with van der Waals surface area (Å²) in [4.78, 5) is 32.0. The number of benzene rings is 2. The Balaban J connectivity index is 1.39. The predicted octanol–water partition coefficient (Wildman–Crippen LogP) is 4.49. The molecule has 0 spiro atoms. The fourth-order valence-corrected chi connectivity index (χ4v) is 4.20. The van der Waals surface area contributed by atoms with Gasteiger partial charge < -0.3 is 25.8 Å². The first-order chi connectivity index (χ1) is 18.9. The Bertz CT molecular complexity index is 1520. The molecule has 2 atom stereocenters. The van der Waals surface area contributed by atoms with Crippen molar-refractivity contribution in [3.05, 3.63) is 83.2 Å². The number of halogens is 5. The first-order valence-electron chi connectivity index (χ1n) is 11.8. The number of nitrogens with two attached hydrogens (primary N) is 1. The number of hydrogen-bond donors (Lipinski definition) is 3. The summed E-state index contributed by atoms with van der Waals surface area (Å²) in [6, 6.07) is 9.24. The molecule has 1 aromatic heterocycles. The minimum atomic E-state index is -2.94. The maximum absolute atomic E-state index is 14.8. The monoisotopic (exact) mass is 577 g/mol. The lowest BCUT2D eigenvalue weighted by Gasteiger charge is -2.39. The molecule has 40 heavy (non-hydrogen) atoms. The van der Waals surface area contributed by atoms with Gasteiger partial charge in [-0.15, -0.1) is 0 Å². The van der Waals surface area contributed by atoms with Crippen LogP contribution in [0.1, 0.15) is 6.42 Å². The number of nitrogens with one attached hydrogen (secondary N) is 1. The molecule has 2 aliphatic rings. The topological polar surface area (TPSA) is 121 Å². The van der Waals surface area contributed by atoms with Gasteiger partial charge in [-0.3, -0.25) is 14.5 Å². The molecule has 2 heterocycles. The van der Waals surface area contributed by atoms with Gasteiger partial charge in [0.15, 0.2) is 17.3 Å². The van der Waals surface area contributed by atoms with E-state index in [2.05, 4.69) is 10.3 Å². The van der Waals surface area contributed by atoms with Crippen molar-refractivity contribution >= 4 is 40.6 Å². The van der Waals surface area contributed by atoms with Crippen LogP contribution in [0.25, 0.3) is 0 Å². The average Bonchev–Trinajstić information content (AvgIpc) is 3.51. The van der Waals surface area contributed by atoms with Crippen molar-refractivity contribution in [2.75, 3.05) is 22.5 Å². The van der Waals surface area contributed by atoms with E-state index in [4.69, 9.17) is 22.1 Å². The second kappa shape index (κ2) is 10.3. The van der Waals surface area contributed by atoms with Gasteiger partial charge in [0.1, 0.15) is 22.2 Å². The maximum Gasteiger partial charge on any atom is 0.268 e. The molecule has 3 aromatic rings. The van der Waals surface area contributed by atoms with Crippen LogP contribution in [-0.2, 0) is 9.59 Å². The third-order valence-electron chi connectivity index (χ3n) is 6.30. The Kier molecular flexibility index (Phi) is 7.02. The highest BCUT2D eigenvalue weighted by Crippen LogP contribution is 2.49. The Morgan fingerprint density at radius 2 is 1.88 bits per heavy atom. The predicted molar refractivity (Wildman–Crippen MR) is 136 cm³/mol. The molecule has 208 valence electrons. The van der Waals surface area contributed by atoms with Crippen LogP contribution in [0.4, 0.5) is 34.8 Å². The minimum Gasteiger partial charge on any atom is -0.453 e. The zero-order valence-corrected chi connectivity index (χ0v) is 21.1. The molecule has 0 saturated heterocycles. The van der Waals surface area contributed by atoms with Crippen molar-refractivity contribution in [1.29, 1.82) is 0 Å². The lowest BCUT2D eigenvalue weighted by molar-refractivity contribution is -0.124. The number of ether oxygens (including phenoxy) is 1. The van der Waals surface area contributed by atoms with Gasteiger partial charge in [0.25, 0.3) is 17.7 Å². The standard InChI is InChI=1S/C26H20ClF4N5O4/c27-21-20(7-8-33-22(21)32)40-19-6-3-15(9-18(19)29)34-23(37)17-12-35(11-13-10-26(13,30)31)25(39)36(24(17)38)16-4-1-14(28)2-5-16/h1-9,12-13,25,39H,10-11H2,(H2,32,33)(H,34,37). The SMILES string of the molecule is Nc1nccc(Oc2ccc(NC(=O)C3=CN(CC4CC4(F)F)C(O)N(c4ccc(F)cc4)C3=O)cc2F)c1Cl. The van der Waals surface area contributed by atoms with E-state index < -0.39 is 53.6 Å². The number of nitrogen functional groups attached to an aromatic ring is 1. The van der Waals surface area contributed by atoms with Gasteiger partial charge in [0.05, 0.1) is 0 Å². The molecule has 4 N–H and O–H groups in total. The number of carbonyl (C=O) groups excluding carboxylic acids is 2. The summed E-state index contributed by atoms with van der Waals surface area (Å²) >= 11 is 6.02. The van der Waals surface area contributed by atoms with Gasteiger partial charge >= 0.3 is 0 Å². The van der Waals surface area contributed by atoms with E-state index in [0.717, 1.165) is 34.2 Å². The third kappa shape index (κ3) is 5.38. The molecule has 1 aliphatic carbocycles. The first-order valence-corrected chi connectivity index (χ1v) is 12.1. The molecule has 1 fully saturated rings. The van der Waals surface area contributed by atoms with E-state index in [9.17, 15) is 32.3 Å². The van der Waals surface area contributed by atoms with E-state index >= 15 is 0 Å². The van der Waals surface area contributed by atoms with Crippen molar-refractivity contribution in [2.24, 2.45) is 5.92 Å².